The van der Waals surface area contributed by atoms with Gasteiger partial charge in [0.25, 0.3) is 0 Å². The molecule has 0 aliphatic heterocycles. The Balaban J connectivity index is 2.05. The molecule has 0 spiro atoms. The van der Waals surface area contributed by atoms with Crippen LogP contribution in [-0.2, 0) is 16.1 Å². The van der Waals surface area contributed by atoms with Crippen molar-refractivity contribution in [3.63, 3.8) is 0 Å². The third-order valence-electron chi connectivity index (χ3n) is 2.05. The summed E-state index contributed by atoms with van der Waals surface area (Å²) in [5.74, 6) is 0. The van der Waals surface area contributed by atoms with E-state index in [-0.39, 0.29) is 12.8 Å². The molecule has 0 radical (unpaired) electrons. The molecule has 17 heavy (non-hydrogen) atoms. The Bertz CT molecular complexity index is 345. The summed E-state index contributed by atoms with van der Waals surface area (Å²) in [4.78, 5) is 12.6. The lowest BCUT2D eigenvalue weighted by Gasteiger charge is -2.09. The topological polar surface area (TPSA) is 79.2 Å². The number of rotatable bonds is 11. The summed E-state index contributed by atoms with van der Waals surface area (Å²) in [5.41, 5.74) is 1.07. The molecule has 1 rings (SSSR count). The van der Waals surface area contributed by atoms with Crippen LogP contribution in [0, 0.1) is 0 Å². The van der Waals surface area contributed by atoms with Crippen molar-refractivity contribution in [2.75, 3.05) is 13.4 Å². The number of hydrogen-bond donors (Lipinski definition) is 3. The minimum Gasteiger partial charge on any atom is -0.390 e. The zero-order valence-corrected chi connectivity index (χ0v) is 10.5. The summed E-state index contributed by atoms with van der Waals surface area (Å²) >= 11 is 0. The van der Waals surface area contributed by atoms with Crippen LogP contribution in [0.4, 0.5) is 0 Å². The summed E-state index contributed by atoms with van der Waals surface area (Å²) in [6.45, 7) is 0.968. The van der Waals surface area contributed by atoms with Gasteiger partial charge in [0, 0.05) is 12.7 Å². The zero-order chi connectivity index (χ0) is 14.7. The van der Waals surface area contributed by atoms with Gasteiger partial charge in [-0.2, -0.15) is 0 Å². The van der Waals surface area contributed by atoms with Gasteiger partial charge in [0.2, 0.25) is 0 Å². The number of ether oxygens (including phenoxy) is 2. The highest BCUT2D eigenvalue weighted by Gasteiger charge is 2.25. The molecule has 0 unspecified atom stereocenters. The lowest BCUT2D eigenvalue weighted by atomic mass is 10.2. The van der Waals surface area contributed by atoms with Crippen molar-refractivity contribution >= 4 is 8.80 Å². The molecule has 5 nitrogen and oxygen atoms in total. The molecule has 0 aliphatic carbocycles. The first-order chi connectivity index (χ1) is 9.76. The molecule has 1 aromatic rings. The maximum absolute atomic E-state index is 6.76. The minimum atomic E-state index is -3.46. The molecule has 0 aliphatic rings. The van der Waals surface area contributed by atoms with Gasteiger partial charge < -0.3 is 23.9 Å². The van der Waals surface area contributed by atoms with Crippen LogP contribution < -0.4 is 0 Å². The Hall–Kier alpha value is -0.763. The van der Waals surface area contributed by atoms with E-state index in [1.165, 1.54) is 0 Å². The normalized spacial score (nSPS) is 14.0. The van der Waals surface area contributed by atoms with E-state index in [1.54, 1.807) is 0 Å². The lowest BCUT2D eigenvalue weighted by Crippen LogP contribution is -2.34. The molecule has 0 saturated carbocycles. The largest absolute Gasteiger partial charge is 0.492 e. The van der Waals surface area contributed by atoms with E-state index in [9.17, 15) is 0 Å². The van der Waals surface area contributed by atoms with E-state index >= 15 is 0 Å². The summed E-state index contributed by atoms with van der Waals surface area (Å²) < 4.78 is 30.8. The monoisotopic (exact) mass is 264 g/mol. The van der Waals surface area contributed by atoms with Crippen LogP contribution in [0.2, 0.25) is 6.04 Å². The summed E-state index contributed by atoms with van der Waals surface area (Å²) in [6, 6.07) is 9.90. The Labute approximate surface area is 106 Å². The molecule has 0 aromatic heterocycles. The van der Waals surface area contributed by atoms with E-state index in [0.717, 1.165) is 5.56 Å². The quantitative estimate of drug-likeness (QED) is 0.308. The fourth-order valence-corrected chi connectivity index (χ4v) is 1.82. The predicted molar refractivity (Wildman–Crippen MR) is 63.9 cm³/mol. The number of hydrogen-bond acceptors (Lipinski definition) is 5. The molecular weight excluding hydrogens is 240 g/mol. The van der Waals surface area contributed by atoms with E-state index < -0.39 is 8.80 Å². The van der Waals surface area contributed by atoms with Crippen molar-refractivity contribution in [2.24, 2.45) is 0 Å². The predicted octanol–water partition coefficient (Wildman–Crippen LogP) is 0.483. The maximum atomic E-state index is 6.76. The molecule has 96 valence electrons. The molecule has 0 bridgehead atoms. The Morgan fingerprint density at radius 3 is 2.59 bits per heavy atom. The minimum absolute atomic E-state index is 0.147. The third kappa shape index (κ3) is 8.03. The number of benzene rings is 1. The average molecular weight is 264 g/mol. The highest BCUT2D eigenvalue weighted by molar-refractivity contribution is 6.56. The molecule has 0 atom stereocenters. The molecule has 1 aromatic carbocycles. The third-order valence-corrected chi connectivity index (χ3v) is 3.02. The Morgan fingerprint density at radius 2 is 1.88 bits per heavy atom. The van der Waals surface area contributed by atoms with Gasteiger partial charge in [-0.15, -0.1) is 0 Å². The van der Waals surface area contributed by atoms with Gasteiger partial charge in [-0.05, 0) is 12.0 Å². The average Bonchev–Trinajstić information content (AvgIpc) is 2.52. The standard InChI is InChI=1S/C11H18O5Si/c12-17(13,14)8-4-7-15-10-16-9-11-5-2-1-3-6-11/h1-3,5-6,12-14H,4,7-10H2/i12T,13T,14T. The molecule has 6 heteroatoms. The van der Waals surface area contributed by atoms with Crippen molar-refractivity contribution in [3.05, 3.63) is 35.9 Å². The molecular formula is C11H18O5Si. The summed E-state index contributed by atoms with van der Waals surface area (Å²) in [7, 11) is -3.46. The van der Waals surface area contributed by atoms with E-state index in [0.29, 0.717) is 19.6 Å². The second-order valence-corrected chi connectivity index (χ2v) is 5.51. The molecule has 0 fully saturated rings. The van der Waals surface area contributed by atoms with Crippen LogP contribution >= 0.6 is 0 Å². The second kappa shape index (κ2) is 7.54. The van der Waals surface area contributed by atoms with Gasteiger partial charge in [0.05, 0.1) is 6.61 Å². The van der Waals surface area contributed by atoms with Gasteiger partial charge >= 0.3 is 8.80 Å². The lowest BCUT2D eigenvalue weighted by molar-refractivity contribution is -0.0616. The van der Waals surface area contributed by atoms with Gasteiger partial charge in [0.1, 0.15) is 6.79 Å². The fraction of sp³-hybridized carbons (Fsp3) is 0.455. The second-order valence-electron chi connectivity index (χ2n) is 3.65. The zero-order valence-electron chi connectivity index (χ0n) is 12.5. The van der Waals surface area contributed by atoms with Crippen LogP contribution in [0.5, 0.6) is 0 Å². The SMILES string of the molecule is [3H]O[Si](CCCOCOCc1ccccc1)(O[3H])O[3H]. The molecule has 3 N–H and O–H groups in total. The Morgan fingerprint density at radius 1 is 1.12 bits per heavy atom. The van der Waals surface area contributed by atoms with Gasteiger partial charge in [-0.3, -0.25) is 0 Å². The van der Waals surface area contributed by atoms with Gasteiger partial charge in [-0.25, -0.2) is 0 Å². The Kier molecular flexibility index (Phi) is 4.52. The first kappa shape index (κ1) is 10.2. The van der Waals surface area contributed by atoms with Crippen molar-refractivity contribution in [2.45, 2.75) is 19.1 Å². The van der Waals surface area contributed by atoms with E-state index in [4.69, 9.17) is 13.8 Å². The maximum Gasteiger partial charge on any atom is 0.492 e. The fourth-order valence-electron chi connectivity index (χ4n) is 1.24. The molecule has 0 amide bonds. The smallest absolute Gasteiger partial charge is 0.390 e. The van der Waals surface area contributed by atoms with Crippen molar-refractivity contribution < 1.29 is 23.9 Å². The van der Waals surface area contributed by atoms with Crippen LogP contribution in [0.15, 0.2) is 30.3 Å². The summed E-state index contributed by atoms with van der Waals surface area (Å²) in [6.07, 6.45) is 0.456. The summed E-state index contributed by atoms with van der Waals surface area (Å²) in [5, 5.41) is 0. The van der Waals surface area contributed by atoms with Crippen LogP contribution in [0.25, 0.3) is 0 Å². The van der Waals surface area contributed by atoms with E-state index in [2.05, 4.69) is 14.4 Å². The van der Waals surface area contributed by atoms with Gasteiger partial charge in [0.15, 0.2) is 4.29 Å². The van der Waals surface area contributed by atoms with Gasteiger partial charge in [-0.1, -0.05) is 30.3 Å². The van der Waals surface area contributed by atoms with Crippen molar-refractivity contribution in [1.29, 1.82) is 4.29 Å². The van der Waals surface area contributed by atoms with Crippen LogP contribution in [0.3, 0.4) is 0 Å². The molecule has 0 heterocycles. The van der Waals surface area contributed by atoms with Crippen LogP contribution in [0.1, 0.15) is 12.0 Å². The van der Waals surface area contributed by atoms with Crippen LogP contribution in [-0.4, -0.2) is 40.9 Å². The molecule has 0 saturated heterocycles. The van der Waals surface area contributed by atoms with Crippen molar-refractivity contribution in [3.8, 4) is 0 Å². The highest BCUT2D eigenvalue weighted by Crippen LogP contribution is 2.02. The van der Waals surface area contributed by atoms with E-state index in [1.807, 2.05) is 30.3 Å². The van der Waals surface area contributed by atoms with Crippen molar-refractivity contribution in [1.82, 2.24) is 0 Å². The first-order valence-electron chi connectivity index (χ1n) is 6.61. The highest BCUT2D eigenvalue weighted by atomic mass is 28.4. The first-order valence-corrected chi connectivity index (χ1v) is 7.32.